The molecule has 0 aliphatic rings. The number of rotatable bonds is 9. The zero-order chi connectivity index (χ0) is 18.0. The average Bonchev–Trinajstić information content (AvgIpc) is 2.57. The Bertz CT molecular complexity index is 629. The van der Waals surface area contributed by atoms with Crippen LogP contribution in [0.5, 0.6) is 0 Å². The number of hydrogen-bond donors (Lipinski definition) is 2. The van der Waals surface area contributed by atoms with E-state index in [-0.39, 0.29) is 5.75 Å². The third-order valence-corrected chi connectivity index (χ3v) is 5.66. The minimum absolute atomic E-state index is 0.136. The first-order valence-corrected chi connectivity index (χ1v) is 10.0. The Hall–Kier alpha value is -1.60. The van der Waals surface area contributed by atoms with Crippen molar-refractivity contribution in [2.24, 2.45) is 4.99 Å². The first-order chi connectivity index (χ1) is 11.4. The Labute approximate surface area is 146 Å². The van der Waals surface area contributed by atoms with Gasteiger partial charge < -0.3 is 10.6 Å². The molecule has 1 rings (SSSR count). The molecular formula is C17H30N4O2S. The van der Waals surface area contributed by atoms with E-state index in [1.807, 2.05) is 19.1 Å². The van der Waals surface area contributed by atoms with E-state index in [2.05, 4.69) is 34.7 Å². The van der Waals surface area contributed by atoms with E-state index in [0.29, 0.717) is 19.6 Å². The topological polar surface area (TPSA) is 73.8 Å². The predicted molar refractivity (Wildman–Crippen MR) is 101 cm³/mol. The zero-order valence-corrected chi connectivity index (χ0v) is 16.0. The lowest BCUT2D eigenvalue weighted by Crippen LogP contribution is -2.39. The van der Waals surface area contributed by atoms with E-state index in [1.165, 1.54) is 15.4 Å². The van der Waals surface area contributed by atoms with Crippen molar-refractivity contribution in [3.8, 4) is 0 Å². The van der Waals surface area contributed by atoms with Crippen LogP contribution >= 0.6 is 0 Å². The van der Waals surface area contributed by atoms with Gasteiger partial charge in [0, 0.05) is 26.7 Å². The van der Waals surface area contributed by atoms with Crippen molar-refractivity contribution in [3.63, 3.8) is 0 Å². The summed E-state index contributed by atoms with van der Waals surface area (Å²) < 4.78 is 24.8. The summed E-state index contributed by atoms with van der Waals surface area (Å²) in [6.07, 6.45) is 0.727. The largest absolute Gasteiger partial charge is 0.357 e. The molecule has 0 bridgehead atoms. The second-order valence-corrected chi connectivity index (χ2v) is 7.99. The van der Waals surface area contributed by atoms with Crippen molar-refractivity contribution in [2.75, 3.05) is 32.4 Å². The molecule has 0 aliphatic heterocycles. The molecule has 1 aromatic carbocycles. The SMILES string of the molecule is CCNC(=NCc1ccccc1C)NCCCN(C)S(=O)(=O)CC. The molecule has 0 fully saturated rings. The van der Waals surface area contributed by atoms with Crippen LogP contribution in [0.3, 0.4) is 0 Å². The van der Waals surface area contributed by atoms with E-state index in [1.54, 1.807) is 14.0 Å². The fourth-order valence-electron chi connectivity index (χ4n) is 2.16. The van der Waals surface area contributed by atoms with Gasteiger partial charge in [0.2, 0.25) is 10.0 Å². The minimum atomic E-state index is -3.10. The normalized spacial score (nSPS) is 12.5. The summed E-state index contributed by atoms with van der Waals surface area (Å²) in [6, 6.07) is 8.19. The molecule has 24 heavy (non-hydrogen) atoms. The zero-order valence-electron chi connectivity index (χ0n) is 15.2. The summed E-state index contributed by atoms with van der Waals surface area (Å²) in [7, 11) is -1.48. The van der Waals surface area contributed by atoms with Gasteiger partial charge in [0.05, 0.1) is 12.3 Å². The number of nitrogens with one attached hydrogen (secondary N) is 2. The van der Waals surface area contributed by atoms with Gasteiger partial charge in [0.25, 0.3) is 0 Å². The highest BCUT2D eigenvalue weighted by Crippen LogP contribution is 2.07. The third-order valence-electron chi connectivity index (χ3n) is 3.79. The second-order valence-electron chi connectivity index (χ2n) is 5.62. The van der Waals surface area contributed by atoms with Gasteiger partial charge in [-0.1, -0.05) is 24.3 Å². The Morgan fingerprint density at radius 3 is 2.54 bits per heavy atom. The molecule has 1 aromatic rings. The van der Waals surface area contributed by atoms with Crippen molar-refractivity contribution in [3.05, 3.63) is 35.4 Å². The van der Waals surface area contributed by atoms with Crippen molar-refractivity contribution >= 4 is 16.0 Å². The fourth-order valence-corrected chi connectivity index (χ4v) is 3.01. The van der Waals surface area contributed by atoms with E-state index in [0.717, 1.165) is 18.9 Å². The fraction of sp³-hybridized carbons (Fsp3) is 0.588. The molecule has 0 saturated heterocycles. The van der Waals surface area contributed by atoms with Crippen LogP contribution in [0, 0.1) is 6.92 Å². The second kappa shape index (κ2) is 10.3. The molecule has 136 valence electrons. The third kappa shape index (κ3) is 6.88. The van der Waals surface area contributed by atoms with Crippen LogP contribution in [-0.4, -0.2) is 51.1 Å². The van der Waals surface area contributed by atoms with Gasteiger partial charge >= 0.3 is 0 Å². The maximum absolute atomic E-state index is 11.7. The Kier molecular flexibility index (Phi) is 8.78. The molecule has 0 spiro atoms. The van der Waals surface area contributed by atoms with Crippen LogP contribution in [0.4, 0.5) is 0 Å². The number of sulfonamides is 1. The summed E-state index contributed by atoms with van der Waals surface area (Å²) in [4.78, 5) is 4.59. The average molecular weight is 355 g/mol. The Morgan fingerprint density at radius 1 is 1.21 bits per heavy atom. The molecule has 7 heteroatoms. The first-order valence-electron chi connectivity index (χ1n) is 8.41. The molecule has 0 radical (unpaired) electrons. The van der Waals surface area contributed by atoms with Crippen molar-refractivity contribution in [1.29, 1.82) is 0 Å². The highest BCUT2D eigenvalue weighted by molar-refractivity contribution is 7.89. The van der Waals surface area contributed by atoms with Gasteiger partial charge in [0.15, 0.2) is 5.96 Å². The van der Waals surface area contributed by atoms with Gasteiger partial charge in [-0.15, -0.1) is 0 Å². The van der Waals surface area contributed by atoms with E-state index in [9.17, 15) is 8.42 Å². The lowest BCUT2D eigenvalue weighted by atomic mass is 10.1. The van der Waals surface area contributed by atoms with Crippen LogP contribution in [0.1, 0.15) is 31.4 Å². The lowest BCUT2D eigenvalue weighted by molar-refractivity contribution is 0.461. The highest BCUT2D eigenvalue weighted by Gasteiger charge is 2.13. The number of benzene rings is 1. The van der Waals surface area contributed by atoms with Gasteiger partial charge in [0.1, 0.15) is 0 Å². The molecule has 0 aliphatic carbocycles. The smallest absolute Gasteiger partial charge is 0.213 e. The van der Waals surface area contributed by atoms with Gasteiger partial charge in [-0.05, 0) is 38.3 Å². The molecular weight excluding hydrogens is 324 g/mol. The molecule has 2 N–H and O–H groups in total. The number of guanidine groups is 1. The number of aliphatic imine (C=N–C) groups is 1. The first kappa shape index (κ1) is 20.4. The van der Waals surface area contributed by atoms with Crippen molar-refractivity contribution in [2.45, 2.75) is 33.7 Å². The molecule has 0 amide bonds. The monoisotopic (exact) mass is 354 g/mol. The molecule has 0 aromatic heterocycles. The van der Waals surface area contributed by atoms with Crippen LogP contribution in [0.15, 0.2) is 29.3 Å². The molecule has 0 heterocycles. The minimum Gasteiger partial charge on any atom is -0.357 e. The number of hydrogen-bond acceptors (Lipinski definition) is 3. The van der Waals surface area contributed by atoms with E-state index < -0.39 is 10.0 Å². The molecule has 0 unspecified atom stereocenters. The number of nitrogens with zero attached hydrogens (tertiary/aromatic N) is 2. The Balaban J connectivity index is 2.49. The Morgan fingerprint density at radius 2 is 1.92 bits per heavy atom. The summed E-state index contributed by atoms with van der Waals surface area (Å²) in [5.41, 5.74) is 2.42. The van der Waals surface area contributed by atoms with Crippen molar-refractivity contribution < 1.29 is 8.42 Å². The van der Waals surface area contributed by atoms with E-state index in [4.69, 9.17) is 0 Å². The van der Waals surface area contributed by atoms with Crippen LogP contribution < -0.4 is 10.6 Å². The highest BCUT2D eigenvalue weighted by atomic mass is 32.2. The maximum atomic E-state index is 11.7. The van der Waals surface area contributed by atoms with Crippen LogP contribution in [-0.2, 0) is 16.6 Å². The van der Waals surface area contributed by atoms with E-state index >= 15 is 0 Å². The van der Waals surface area contributed by atoms with Gasteiger partial charge in [-0.3, -0.25) is 0 Å². The van der Waals surface area contributed by atoms with Crippen molar-refractivity contribution in [1.82, 2.24) is 14.9 Å². The van der Waals surface area contributed by atoms with Crippen LogP contribution in [0.25, 0.3) is 0 Å². The summed E-state index contributed by atoms with van der Waals surface area (Å²) in [6.45, 7) is 8.33. The summed E-state index contributed by atoms with van der Waals surface area (Å²) >= 11 is 0. The van der Waals surface area contributed by atoms with Gasteiger partial charge in [-0.2, -0.15) is 0 Å². The predicted octanol–water partition coefficient (Wildman–Crippen LogP) is 1.72. The molecule has 0 saturated carbocycles. The maximum Gasteiger partial charge on any atom is 0.213 e. The number of aryl methyl sites for hydroxylation is 1. The van der Waals surface area contributed by atoms with Crippen LogP contribution in [0.2, 0.25) is 0 Å². The quantitative estimate of drug-likeness (QED) is 0.402. The summed E-state index contributed by atoms with van der Waals surface area (Å²) in [5, 5.41) is 6.46. The summed E-state index contributed by atoms with van der Waals surface area (Å²) in [5.74, 6) is 0.888. The molecule has 0 atom stereocenters. The molecule has 6 nitrogen and oxygen atoms in total. The van der Waals surface area contributed by atoms with Gasteiger partial charge in [-0.25, -0.2) is 17.7 Å². The lowest BCUT2D eigenvalue weighted by Gasteiger charge is -2.17. The standard InChI is InChI=1S/C17H30N4O2S/c1-5-18-17(20-14-16-11-8-7-10-15(16)3)19-12-9-13-21(4)24(22,23)6-2/h7-8,10-11H,5-6,9,12-14H2,1-4H3,(H2,18,19,20).